The van der Waals surface area contributed by atoms with Crippen molar-refractivity contribution in [2.24, 2.45) is 0 Å². The average Bonchev–Trinajstić information content (AvgIpc) is 3.16. The van der Waals surface area contributed by atoms with E-state index in [2.05, 4.69) is 25.8 Å². The van der Waals surface area contributed by atoms with Gasteiger partial charge in [-0.15, -0.1) is 0 Å². The fraction of sp³-hybridized carbons (Fsp3) is 0.200. The molecular formula is C15H15Cl2N5O. The summed E-state index contributed by atoms with van der Waals surface area (Å²) in [6, 6.07) is 3.66. The Morgan fingerprint density at radius 3 is 2.87 bits per heavy atom. The van der Waals surface area contributed by atoms with Gasteiger partial charge < -0.3 is 15.6 Å². The maximum absolute atomic E-state index is 11.7. The summed E-state index contributed by atoms with van der Waals surface area (Å²) in [5.41, 5.74) is 3.44. The number of carbonyl (C=O) groups is 1. The number of aromatic nitrogens is 3. The SMILES string of the molecule is CNCC(=O)NCc1[nH]c2c(Cl)c(Cl)ccc2c1-c1cn[nH]c1. The highest BCUT2D eigenvalue weighted by molar-refractivity contribution is 6.45. The number of nitrogens with one attached hydrogen (secondary N) is 4. The number of nitrogens with zero attached hydrogens (tertiary/aromatic N) is 1. The summed E-state index contributed by atoms with van der Waals surface area (Å²) in [5, 5.41) is 14.3. The summed E-state index contributed by atoms with van der Waals surface area (Å²) < 4.78 is 0. The van der Waals surface area contributed by atoms with E-state index in [0.29, 0.717) is 16.6 Å². The Hall–Kier alpha value is -2.02. The lowest BCUT2D eigenvalue weighted by atomic mass is 10.1. The lowest BCUT2D eigenvalue weighted by Gasteiger charge is -2.05. The second kappa shape index (κ2) is 6.62. The summed E-state index contributed by atoms with van der Waals surface area (Å²) in [5.74, 6) is -0.0894. The number of fused-ring (bicyclic) bond motifs is 1. The van der Waals surface area contributed by atoms with E-state index in [1.165, 1.54) is 0 Å². The Kier molecular flexibility index (Phi) is 4.56. The lowest BCUT2D eigenvalue weighted by Crippen LogP contribution is -2.31. The molecule has 2 heterocycles. The summed E-state index contributed by atoms with van der Waals surface area (Å²) in [6.45, 7) is 0.609. The number of benzene rings is 1. The summed E-state index contributed by atoms with van der Waals surface area (Å²) in [6.07, 6.45) is 3.52. The number of H-pyrrole nitrogens is 2. The third-order valence-electron chi connectivity index (χ3n) is 3.53. The average molecular weight is 352 g/mol. The van der Waals surface area contributed by atoms with Crippen molar-refractivity contribution in [1.82, 2.24) is 25.8 Å². The van der Waals surface area contributed by atoms with Gasteiger partial charge in [-0.3, -0.25) is 9.89 Å². The number of carbonyl (C=O) groups excluding carboxylic acids is 1. The van der Waals surface area contributed by atoms with E-state index in [-0.39, 0.29) is 12.5 Å². The molecule has 4 N–H and O–H groups in total. The molecule has 0 radical (unpaired) electrons. The van der Waals surface area contributed by atoms with Gasteiger partial charge in [0.2, 0.25) is 5.91 Å². The van der Waals surface area contributed by atoms with Crippen molar-refractivity contribution >= 4 is 40.0 Å². The van der Waals surface area contributed by atoms with Gasteiger partial charge in [0, 0.05) is 28.4 Å². The molecule has 120 valence electrons. The van der Waals surface area contributed by atoms with Crippen LogP contribution in [0.3, 0.4) is 0 Å². The number of aromatic amines is 2. The van der Waals surface area contributed by atoms with Crippen LogP contribution in [-0.4, -0.2) is 34.7 Å². The van der Waals surface area contributed by atoms with Crippen LogP contribution in [0, 0.1) is 0 Å². The van der Waals surface area contributed by atoms with Crippen molar-refractivity contribution < 1.29 is 4.79 Å². The Bertz CT molecular complexity index is 841. The quantitative estimate of drug-likeness (QED) is 0.570. The second-order valence-electron chi connectivity index (χ2n) is 5.06. The zero-order chi connectivity index (χ0) is 16.4. The van der Waals surface area contributed by atoms with Gasteiger partial charge in [0.05, 0.1) is 34.8 Å². The third-order valence-corrected chi connectivity index (χ3v) is 4.33. The van der Waals surface area contributed by atoms with Crippen LogP contribution in [0.4, 0.5) is 0 Å². The lowest BCUT2D eigenvalue weighted by molar-refractivity contribution is -0.120. The molecule has 0 bridgehead atoms. The van der Waals surface area contributed by atoms with Gasteiger partial charge in [-0.25, -0.2) is 0 Å². The van der Waals surface area contributed by atoms with Crippen LogP contribution in [0.25, 0.3) is 22.0 Å². The molecule has 0 saturated carbocycles. The van der Waals surface area contributed by atoms with Crippen molar-refractivity contribution in [3.63, 3.8) is 0 Å². The number of likely N-dealkylation sites (N-methyl/N-ethyl adjacent to an activating group) is 1. The first-order chi connectivity index (χ1) is 11.1. The molecule has 0 spiro atoms. The first-order valence-corrected chi connectivity index (χ1v) is 7.76. The van der Waals surface area contributed by atoms with Crippen molar-refractivity contribution in [3.05, 3.63) is 40.3 Å². The fourth-order valence-electron chi connectivity index (χ4n) is 2.52. The standard InChI is InChI=1S/C15H15Cl2N5O/c1-18-7-12(23)19-6-11-13(8-4-20-21-5-8)9-2-3-10(16)14(17)15(9)22-11/h2-5,18,22H,6-7H2,1H3,(H,19,23)(H,20,21). The highest BCUT2D eigenvalue weighted by Gasteiger charge is 2.17. The first-order valence-electron chi connectivity index (χ1n) is 7.00. The number of rotatable bonds is 5. The molecule has 0 saturated heterocycles. The predicted molar refractivity (Wildman–Crippen MR) is 91.7 cm³/mol. The minimum absolute atomic E-state index is 0.0894. The summed E-state index contributed by atoms with van der Waals surface area (Å²) in [7, 11) is 1.72. The number of hydrogen-bond acceptors (Lipinski definition) is 3. The predicted octanol–water partition coefficient (Wildman–Crippen LogP) is 2.70. The van der Waals surface area contributed by atoms with Gasteiger partial charge >= 0.3 is 0 Å². The summed E-state index contributed by atoms with van der Waals surface area (Å²) >= 11 is 12.4. The molecule has 0 aliphatic rings. The Labute approximate surface area is 142 Å². The Morgan fingerprint density at radius 1 is 1.35 bits per heavy atom. The Balaban J connectivity index is 2.07. The van der Waals surface area contributed by atoms with Gasteiger partial charge in [0.1, 0.15) is 0 Å². The monoisotopic (exact) mass is 351 g/mol. The van der Waals surface area contributed by atoms with Gasteiger partial charge in [-0.05, 0) is 13.1 Å². The molecule has 0 aliphatic heterocycles. The number of amides is 1. The highest BCUT2D eigenvalue weighted by Crippen LogP contribution is 2.38. The number of halogens is 2. The molecule has 0 fully saturated rings. The van der Waals surface area contributed by atoms with Crippen molar-refractivity contribution in [2.45, 2.75) is 6.54 Å². The van der Waals surface area contributed by atoms with E-state index in [1.54, 1.807) is 25.5 Å². The van der Waals surface area contributed by atoms with Crippen molar-refractivity contribution in [1.29, 1.82) is 0 Å². The minimum Gasteiger partial charge on any atom is -0.355 e. The van der Waals surface area contributed by atoms with Crippen LogP contribution in [-0.2, 0) is 11.3 Å². The molecule has 0 unspecified atom stereocenters. The van der Waals surface area contributed by atoms with Crippen LogP contribution < -0.4 is 10.6 Å². The van der Waals surface area contributed by atoms with E-state index in [0.717, 1.165) is 27.7 Å². The van der Waals surface area contributed by atoms with E-state index in [1.807, 2.05) is 6.07 Å². The molecule has 0 aliphatic carbocycles. The first kappa shape index (κ1) is 15.9. The van der Waals surface area contributed by atoms with Gasteiger partial charge in [0.15, 0.2) is 0 Å². The van der Waals surface area contributed by atoms with E-state index >= 15 is 0 Å². The zero-order valence-corrected chi connectivity index (χ0v) is 13.8. The highest BCUT2D eigenvalue weighted by atomic mass is 35.5. The van der Waals surface area contributed by atoms with Crippen LogP contribution in [0.15, 0.2) is 24.5 Å². The number of hydrogen-bond donors (Lipinski definition) is 4. The van der Waals surface area contributed by atoms with E-state index < -0.39 is 0 Å². The van der Waals surface area contributed by atoms with Gasteiger partial charge in [0.25, 0.3) is 0 Å². The second-order valence-corrected chi connectivity index (χ2v) is 5.84. The topological polar surface area (TPSA) is 85.6 Å². The maximum Gasteiger partial charge on any atom is 0.234 e. The van der Waals surface area contributed by atoms with E-state index in [9.17, 15) is 4.79 Å². The molecule has 8 heteroatoms. The third kappa shape index (κ3) is 3.06. The summed E-state index contributed by atoms with van der Waals surface area (Å²) in [4.78, 5) is 15.0. The zero-order valence-electron chi connectivity index (χ0n) is 12.3. The van der Waals surface area contributed by atoms with Crippen LogP contribution in [0.1, 0.15) is 5.69 Å². The minimum atomic E-state index is -0.0894. The molecule has 2 aromatic heterocycles. The molecule has 0 atom stereocenters. The van der Waals surface area contributed by atoms with Crippen LogP contribution >= 0.6 is 23.2 Å². The molecule has 3 rings (SSSR count). The van der Waals surface area contributed by atoms with Crippen molar-refractivity contribution in [3.8, 4) is 11.1 Å². The Morgan fingerprint density at radius 2 is 2.17 bits per heavy atom. The smallest absolute Gasteiger partial charge is 0.234 e. The normalized spacial score (nSPS) is 11.1. The fourth-order valence-corrected chi connectivity index (χ4v) is 2.89. The maximum atomic E-state index is 11.7. The van der Waals surface area contributed by atoms with Crippen molar-refractivity contribution in [2.75, 3.05) is 13.6 Å². The molecular weight excluding hydrogens is 337 g/mol. The molecule has 6 nitrogen and oxygen atoms in total. The van der Waals surface area contributed by atoms with Crippen LogP contribution in [0.2, 0.25) is 10.0 Å². The molecule has 1 aromatic carbocycles. The molecule has 3 aromatic rings. The van der Waals surface area contributed by atoms with Gasteiger partial charge in [-0.2, -0.15) is 5.10 Å². The molecule has 23 heavy (non-hydrogen) atoms. The molecule has 1 amide bonds. The van der Waals surface area contributed by atoms with E-state index in [4.69, 9.17) is 23.2 Å². The van der Waals surface area contributed by atoms with Gasteiger partial charge in [-0.1, -0.05) is 29.3 Å². The van der Waals surface area contributed by atoms with Crippen LogP contribution in [0.5, 0.6) is 0 Å². The largest absolute Gasteiger partial charge is 0.355 e.